The summed E-state index contributed by atoms with van der Waals surface area (Å²) in [6.45, 7) is 3.94. The number of hydrogen-bond donors (Lipinski definition) is 3. The van der Waals surface area contributed by atoms with Gasteiger partial charge in [0.2, 0.25) is 5.91 Å². The van der Waals surface area contributed by atoms with Crippen LogP contribution in [0.25, 0.3) is 17.1 Å². The number of carbonyl (C=O) groups is 2. The number of primary amides is 1. The van der Waals surface area contributed by atoms with E-state index in [2.05, 4.69) is 14.9 Å². The van der Waals surface area contributed by atoms with Gasteiger partial charge in [-0.3, -0.25) is 9.59 Å². The first-order chi connectivity index (χ1) is 12.0. The number of nitrogens with zero attached hydrogens (tertiary/aromatic N) is 3. The van der Waals surface area contributed by atoms with Crippen LogP contribution in [0.4, 0.5) is 5.69 Å². The van der Waals surface area contributed by atoms with Crippen molar-refractivity contribution in [1.82, 2.24) is 14.9 Å². The van der Waals surface area contributed by atoms with Crippen LogP contribution >= 0.6 is 0 Å². The first-order valence-electron chi connectivity index (χ1n) is 8.12. The summed E-state index contributed by atoms with van der Waals surface area (Å²) in [5, 5.41) is 10.3. The minimum atomic E-state index is -0.968. The molecule has 1 atom stereocenters. The molecule has 132 valence electrons. The maximum Gasteiger partial charge on any atom is 0.251 e. The summed E-state index contributed by atoms with van der Waals surface area (Å²) in [5.41, 5.74) is 7.67. The fourth-order valence-electron chi connectivity index (χ4n) is 2.94. The van der Waals surface area contributed by atoms with Crippen LogP contribution in [-0.4, -0.2) is 64.1 Å². The van der Waals surface area contributed by atoms with Crippen LogP contribution in [0.2, 0.25) is 0 Å². The maximum atomic E-state index is 11.8. The molecule has 1 aliphatic heterocycles. The van der Waals surface area contributed by atoms with E-state index in [1.807, 2.05) is 6.07 Å². The van der Waals surface area contributed by atoms with Crippen LogP contribution in [0.5, 0.6) is 0 Å². The zero-order chi connectivity index (χ0) is 18.0. The Kier molecular flexibility index (Phi) is 4.71. The van der Waals surface area contributed by atoms with Crippen molar-refractivity contribution < 1.29 is 14.7 Å². The second-order valence-corrected chi connectivity index (χ2v) is 6.06. The second-order valence-electron chi connectivity index (χ2n) is 6.06. The molecule has 3 heterocycles. The van der Waals surface area contributed by atoms with E-state index in [-0.39, 0.29) is 5.91 Å². The van der Waals surface area contributed by atoms with Crippen LogP contribution in [0.15, 0.2) is 24.5 Å². The summed E-state index contributed by atoms with van der Waals surface area (Å²) in [5.74, 6) is -0.741. The molecule has 0 bridgehead atoms. The Morgan fingerprint density at radius 2 is 2.08 bits per heavy atom. The van der Waals surface area contributed by atoms with Gasteiger partial charge < -0.3 is 25.6 Å². The molecular formula is C17H21N5O3. The Morgan fingerprint density at radius 1 is 1.36 bits per heavy atom. The van der Waals surface area contributed by atoms with Gasteiger partial charge in [0.1, 0.15) is 11.8 Å². The largest absolute Gasteiger partial charge is 0.384 e. The molecule has 2 aromatic rings. The Bertz CT molecular complexity index is 819. The Morgan fingerprint density at radius 3 is 2.72 bits per heavy atom. The van der Waals surface area contributed by atoms with Gasteiger partial charge >= 0.3 is 0 Å². The fourth-order valence-corrected chi connectivity index (χ4v) is 2.94. The third-order valence-corrected chi connectivity index (χ3v) is 4.29. The van der Waals surface area contributed by atoms with Gasteiger partial charge in [0.15, 0.2) is 0 Å². The van der Waals surface area contributed by atoms with E-state index < -0.39 is 12.0 Å². The summed E-state index contributed by atoms with van der Waals surface area (Å²) in [7, 11) is 0. The van der Waals surface area contributed by atoms with E-state index in [1.54, 1.807) is 23.4 Å². The Balaban J connectivity index is 1.77. The predicted molar refractivity (Wildman–Crippen MR) is 94.8 cm³/mol. The number of pyridine rings is 1. The van der Waals surface area contributed by atoms with Gasteiger partial charge in [-0.2, -0.15) is 0 Å². The van der Waals surface area contributed by atoms with E-state index in [4.69, 9.17) is 5.73 Å². The number of nitrogens with two attached hydrogens (primary N) is 1. The highest BCUT2D eigenvalue weighted by Crippen LogP contribution is 2.24. The first kappa shape index (κ1) is 17.0. The third kappa shape index (κ3) is 3.63. The van der Waals surface area contributed by atoms with E-state index in [9.17, 15) is 14.7 Å². The Hall–Kier alpha value is -2.87. The number of amides is 2. The van der Waals surface area contributed by atoms with Gasteiger partial charge in [0, 0.05) is 49.4 Å². The van der Waals surface area contributed by atoms with Crippen molar-refractivity contribution in [2.75, 3.05) is 31.1 Å². The molecule has 2 amide bonds. The Labute approximate surface area is 144 Å². The molecule has 0 aliphatic carbocycles. The first-order valence-corrected chi connectivity index (χ1v) is 8.12. The van der Waals surface area contributed by atoms with Gasteiger partial charge in [0.05, 0.1) is 11.9 Å². The maximum absolute atomic E-state index is 11.8. The number of hydrogen-bond acceptors (Lipinski definition) is 5. The zero-order valence-corrected chi connectivity index (χ0v) is 14.0. The van der Waals surface area contributed by atoms with Crippen LogP contribution in [0.3, 0.4) is 0 Å². The average Bonchev–Trinajstić information content (AvgIpc) is 3.01. The van der Waals surface area contributed by atoms with Crippen molar-refractivity contribution in [3.63, 3.8) is 0 Å². The highest BCUT2D eigenvalue weighted by atomic mass is 16.3. The summed E-state index contributed by atoms with van der Waals surface area (Å²) >= 11 is 0. The minimum Gasteiger partial charge on any atom is -0.384 e. The lowest BCUT2D eigenvalue weighted by Gasteiger charge is -2.36. The van der Waals surface area contributed by atoms with Crippen LogP contribution < -0.4 is 10.6 Å². The van der Waals surface area contributed by atoms with Crippen molar-refractivity contribution in [2.45, 2.75) is 13.0 Å². The van der Waals surface area contributed by atoms with Crippen molar-refractivity contribution in [3.05, 3.63) is 30.1 Å². The summed E-state index contributed by atoms with van der Waals surface area (Å²) in [6, 6.07) is 2.01. The number of carbonyl (C=O) groups excluding carboxylic acids is 2. The van der Waals surface area contributed by atoms with Gasteiger partial charge in [0.25, 0.3) is 5.91 Å². The van der Waals surface area contributed by atoms with Gasteiger partial charge in [-0.05, 0) is 19.1 Å². The molecule has 8 nitrogen and oxygen atoms in total. The van der Waals surface area contributed by atoms with E-state index >= 15 is 0 Å². The number of piperazine rings is 1. The van der Waals surface area contributed by atoms with Crippen molar-refractivity contribution >= 4 is 34.6 Å². The number of aliphatic hydroxyl groups excluding tert-OH is 1. The minimum absolute atomic E-state index is 0.238. The van der Waals surface area contributed by atoms with Crippen molar-refractivity contribution in [1.29, 1.82) is 0 Å². The number of fused-ring (bicyclic) bond motifs is 1. The standard InChI is InChI=1S/C17H21N5O3/c1-11(23)17(25)22-6-4-21(5-7-22)13-8-14-12(2-3-15(18)24)9-19-16(14)20-10-13/h2-3,8-11,23H,4-7H2,1H3,(H2,18,24)(H,19,20)/b3-2+/t11-/m1/s1. The molecule has 8 heteroatoms. The predicted octanol–water partition coefficient (Wildman–Crippen LogP) is 0.0908. The average molecular weight is 343 g/mol. The number of aromatic amines is 1. The van der Waals surface area contributed by atoms with Gasteiger partial charge in [-0.15, -0.1) is 0 Å². The smallest absolute Gasteiger partial charge is 0.251 e. The monoisotopic (exact) mass is 343 g/mol. The number of aromatic nitrogens is 2. The molecule has 3 rings (SSSR count). The number of nitrogens with one attached hydrogen (secondary N) is 1. The summed E-state index contributed by atoms with van der Waals surface area (Å²) in [4.78, 5) is 34.1. The molecule has 0 radical (unpaired) electrons. The van der Waals surface area contributed by atoms with Crippen molar-refractivity contribution in [3.8, 4) is 0 Å². The molecule has 1 fully saturated rings. The van der Waals surface area contributed by atoms with Gasteiger partial charge in [-0.1, -0.05) is 0 Å². The zero-order valence-electron chi connectivity index (χ0n) is 14.0. The van der Waals surface area contributed by atoms with E-state index in [0.717, 1.165) is 22.3 Å². The van der Waals surface area contributed by atoms with Crippen LogP contribution in [0, 0.1) is 0 Å². The summed E-state index contributed by atoms with van der Waals surface area (Å²) < 4.78 is 0. The quantitative estimate of drug-likeness (QED) is 0.681. The summed E-state index contributed by atoms with van der Waals surface area (Å²) in [6.07, 6.45) is 5.57. The van der Waals surface area contributed by atoms with Crippen LogP contribution in [0.1, 0.15) is 12.5 Å². The molecule has 2 aromatic heterocycles. The number of rotatable bonds is 4. The molecule has 0 unspecified atom stereocenters. The lowest BCUT2D eigenvalue weighted by atomic mass is 10.1. The molecule has 1 saturated heterocycles. The van der Waals surface area contributed by atoms with Gasteiger partial charge in [-0.25, -0.2) is 4.98 Å². The molecule has 4 N–H and O–H groups in total. The molecule has 0 saturated carbocycles. The third-order valence-electron chi connectivity index (χ3n) is 4.29. The lowest BCUT2D eigenvalue weighted by Crippen LogP contribution is -2.51. The SMILES string of the molecule is C[C@@H](O)C(=O)N1CCN(c2cnc3[nH]cc(/C=C/C(N)=O)c3c2)CC1. The number of aliphatic hydroxyl groups is 1. The molecular weight excluding hydrogens is 322 g/mol. The number of anilines is 1. The highest BCUT2D eigenvalue weighted by molar-refractivity contribution is 5.95. The van der Waals surface area contributed by atoms with E-state index in [1.165, 1.54) is 13.0 Å². The number of H-pyrrole nitrogens is 1. The molecule has 1 aliphatic rings. The van der Waals surface area contributed by atoms with Crippen molar-refractivity contribution in [2.24, 2.45) is 5.73 Å². The molecule has 0 spiro atoms. The lowest BCUT2D eigenvalue weighted by molar-refractivity contribution is -0.139. The molecule has 0 aromatic carbocycles. The van der Waals surface area contributed by atoms with E-state index in [0.29, 0.717) is 26.2 Å². The fraction of sp³-hybridized carbons (Fsp3) is 0.353. The highest BCUT2D eigenvalue weighted by Gasteiger charge is 2.24. The second kappa shape index (κ2) is 6.94. The van der Waals surface area contributed by atoms with Crippen LogP contribution in [-0.2, 0) is 9.59 Å². The molecule has 25 heavy (non-hydrogen) atoms. The topological polar surface area (TPSA) is 116 Å². The normalized spacial score (nSPS) is 16.6.